The van der Waals surface area contributed by atoms with E-state index >= 15 is 0 Å². The van der Waals surface area contributed by atoms with Crippen LogP contribution in [0.25, 0.3) is 0 Å². The summed E-state index contributed by atoms with van der Waals surface area (Å²) in [6.45, 7) is 4.40. The van der Waals surface area contributed by atoms with Gasteiger partial charge in [-0.25, -0.2) is 14.4 Å². The summed E-state index contributed by atoms with van der Waals surface area (Å²) in [6.07, 6.45) is 4.27. The highest BCUT2D eigenvalue weighted by atomic mass is 19.1. The first kappa shape index (κ1) is 11.8. The van der Waals surface area contributed by atoms with Crippen LogP contribution in [0.1, 0.15) is 19.8 Å². The molecule has 15 heavy (non-hydrogen) atoms. The van der Waals surface area contributed by atoms with Gasteiger partial charge < -0.3 is 10.6 Å². The standard InChI is InChI=1S/C10H17FN4/c1-2-5-15(6-3-4-12)10-13-7-9(11)8-14-10/h7-8H,2-6,12H2,1H3. The lowest BCUT2D eigenvalue weighted by Crippen LogP contribution is -2.28. The van der Waals surface area contributed by atoms with Gasteiger partial charge in [-0.15, -0.1) is 0 Å². The number of nitrogens with two attached hydrogens (primary N) is 1. The van der Waals surface area contributed by atoms with E-state index in [0.29, 0.717) is 12.5 Å². The van der Waals surface area contributed by atoms with Crippen LogP contribution >= 0.6 is 0 Å². The van der Waals surface area contributed by atoms with Crippen LogP contribution in [-0.4, -0.2) is 29.6 Å². The molecular weight excluding hydrogens is 195 g/mol. The fourth-order valence-electron chi connectivity index (χ4n) is 1.33. The zero-order chi connectivity index (χ0) is 11.1. The predicted molar refractivity (Wildman–Crippen MR) is 58.2 cm³/mol. The van der Waals surface area contributed by atoms with Gasteiger partial charge in [0.15, 0.2) is 5.82 Å². The molecule has 0 amide bonds. The number of nitrogens with zero attached hydrogens (tertiary/aromatic N) is 3. The Hall–Kier alpha value is -1.23. The van der Waals surface area contributed by atoms with E-state index in [1.165, 1.54) is 12.4 Å². The fraction of sp³-hybridized carbons (Fsp3) is 0.600. The van der Waals surface area contributed by atoms with Crippen LogP contribution in [0.5, 0.6) is 0 Å². The molecule has 1 rings (SSSR count). The van der Waals surface area contributed by atoms with Gasteiger partial charge in [-0.05, 0) is 19.4 Å². The lowest BCUT2D eigenvalue weighted by atomic mass is 10.3. The van der Waals surface area contributed by atoms with E-state index < -0.39 is 5.82 Å². The number of halogens is 1. The van der Waals surface area contributed by atoms with E-state index in [9.17, 15) is 4.39 Å². The summed E-state index contributed by atoms with van der Waals surface area (Å²) < 4.78 is 12.6. The summed E-state index contributed by atoms with van der Waals surface area (Å²) in [5, 5.41) is 0. The molecule has 0 saturated heterocycles. The molecule has 0 fully saturated rings. The molecular formula is C10H17FN4. The van der Waals surface area contributed by atoms with Crippen molar-refractivity contribution in [1.29, 1.82) is 0 Å². The first-order chi connectivity index (χ1) is 7.27. The van der Waals surface area contributed by atoms with Crippen molar-refractivity contribution in [2.24, 2.45) is 5.73 Å². The Labute approximate surface area is 89.3 Å². The Morgan fingerprint density at radius 2 is 2.00 bits per heavy atom. The summed E-state index contributed by atoms with van der Waals surface area (Å²) in [5.74, 6) is 0.167. The molecule has 84 valence electrons. The Bertz CT molecular complexity index is 275. The zero-order valence-corrected chi connectivity index (χ0v) is 8.99. The Morgan fingerprint density at radius 1 is 1.33 bits per heavy atom. The van der Waals surface area contributed by atoms with E-state index in [0.717, 1.165) is 25.9 Å². The molecule has 0 saturated carbocycles. The molecule has 0 unspecified atom stereocenters. The number of rotatable bonds is 6. The lowest BCUT2D eigenvalue weighted by Gasteiger charge is -2.21. The van der Waals surface area contributed by atoms with Crippen molar-refractivity contribution in [1.82, 2.24) is 9.97 Å². The van der Waals surface area contributed by atoms with Crippen molar-refractivity contribution in [3.05, 3.63) is 18.2 Å². The third-order valence-electron chi connectivity index (χ3n) is 2.02. The monoisotopic (exact) mass is 212 g/mol. The van der Waals surface area contributed by atoms with Gasteiger partial charge in [0.2, 0.25) is 5.95 Å². The van der Waals surface area contributed by atoms with E-state index in [1.54, 1.807) is 0 Å². The minimum atomic E-state index is -0.408. The average molecular weight is 212 g/mol. The summed E-state index contributed by atoms with van der Waals surface area (Å²) in [7, 11) is 0. The molecule has 5 heteroatoms. The maximum atomic E-state index is 12.6. The largest absolute Gasteiger partial charge is 0.341 e. The Morgan fingerprint density at radius 3 is 2.53 bits per heavy atom. The average Bonchev–Trinajstić information content (AvgIpc) is 2.25. The maximum absolute atomic E-state index is 12.6. The van der Waals surface area contributed by atoms with Gasteiger partial charge in [-0.1, -0.05) is 6.92 Å². The van der Waals surface area contributed by atoms with Crippen molar-refractivity contribution in [2.75, 3.05) is 24.5 Å². The molecule has 0 spiro atoms. The van der Waals surface area contributed by atoms with Crippen LogP contribution in [0.15, 0.2) is 12.4 Å². The molecule has 4 nitrogen and oxygen atoms in total. The predicted octanol–water partition coefficient (Wildman–Crippen LogP) is 1.18. The highest BCUT2D eigenvalue weighted by Crippen LogP contribution is 2.07. The Balaban J connectivity index is 2.65. The smallest absolute Gasteiger partial charge is 0.225 e. The molecule has 1 aromatic heterocycles. The highest BCUT2D eigenvalue weighted by Gasteiger charge is 2.07. The topological polar surface area (TPSA) is 55.0 Å². The molecule has 0 atom stereocenters. The minimum Gasteiger partial charge on any atom is -0.341 e. The van der Waals surface area contributed by atoms with Crippen molar-refractivity contribution in [3.63, 3.8) is 0 Å². The van der Waals surface area contributed by atoms with Crippen LogP contribution in [0.3, 0.4) is 0 Å². The first-order valence-corrected chi connectivity index (χ1v) is 5.20. The van der Waals surface area contributed by atoms with Crippen LogP contribution < -0.4 is 10.6 Å². The Kier molecular flexibility index (Phi) is 4.97. The second-order valence-corrected chi connectivity index (χ2v) is 3.33. The highest BCUT2D eigenvalue weighted by molar-refractivity contribution is 5.27. The van der Waals surface area contributed by atoms with E-state index in [4.69, 9.17) is 5.73 Å². The van der Waals surface area contributed by atoms with Gasteiger partial charge in [-0.2, -0.15) is 0 Å². The van der Waals surface area contributed by atoms with Crippen LogP contribution in [0.4, 0.5) is 10.3 Å². The second kappa shape index (κ2) is 6.29. The maximum Gasteiger partial charge on any atom is 0.225 e. The molecule has 0 aromatic carbocycles. The van der Waals surface area contributed by atoms with Crippen LogP contribution in [0, 0.1) is 5.82 Å². The fourth-order valence-corrected chi connectivity index (χ4v) is 1.33. The number of hydrogen-bond acceptors (Lipinski definition) is 4. The summed E-state index contributed by atoms with van der Waals surface area (Å²) in [4.78, 5) is 9.92. The van der Waals surface area contributed by atoms with Gasteiger partial charge in [-0.3, -0.25) is 0 Å². The molecule has 2 N–H and O–H groups in total. The van der Waals surface area contributed by atoms with Crippen molar-refractivity contribution < 1.29 is 4.39 Å². The van der Waals surface area contributed by atoms with Gasteiger partial charge in [0.1, 0.15) is 0 Å². The van der Waals surface area contributed by atoms with Gasteiger partial charge in [0.05, 0.1) is 12.4 Å². The molecule has 0 radical (unpaired) electrons. The summed E-state index contributed by atoms with van der Waals surface area (Å²) >= 11 is 0. The number of anilines is 1. The SMILES string of the molecule is CCCN(CCCN)c1ncc(F)cn1. The van der Waals surface area contributed by atoms with Crippen molar-refractivity contribution in [3.8, 4) is 0 Å². The third kappa shape index (κ3) is 3.79. The van der Waals surface area contributed by atoms with Crippen molar-refractivity contribution >= 4 is 5.95 Å². The van der Waals surface area contributed by atoms with E-state index in [-0.39, 0.29) is 0 Å². The summed E-state index contributed by atoms with van der Waals surface area (Å²) in [5.41, 5.74) is 5.45. The van der Waals surface area contributed by atoms with Gasteiger partial charge >= 0.3 is 0 Å². The normalized spacial score (nSPS) is 10.3. The molecule has 1 heterocycles. The van der Waals surface area contributed by atoms with E-state index in [1.807, 2.05) is 4.90 Å². The third-order valence-corrected chi connectivity index (χ3v) is 2.02. The van der Waals surface area contributed by atoms with Crippen LogP contribution in [-0.2, 0) is 0 Å². The van der Waals surface area contributed by atoms with Crippen molar-refractivity contribution in [2.45, 2.75) is 19.8 Å². The molecule has 0 aliphatic heterocycles. The number of aromatic nitrogens is 2. The summed E-state index contributed by atoms with van der Waals surface area (Å²) in [6, 6.07) is 0. The molecule has 1 aromatic rings. The van der Waals surface area contributed by atoms with Gasteiger partial charge in [0, 0.05) is 13.1 Å². The first-order valence-electron chi connectivity index (χ1n) is 5.20. The quantitative estimate of drug-likeness (QED) is 0.769. The number of hydrogen-bond donors (Lipinski definition) is 1. The lowest BCUT2D eigenvalue weighted by molar-refractivity contribution is 0.609. The second-order valence-electron chi connectivity index (χ2n) is 3.33. The van der Waals surface area contributed by atoms with E-state index in [2.05, 4.69) is 16.9 Å². The zero-order valence-electron chi connectivity index (χ0n) is 8.99. The van der Waals surface area contributed by atoms with Crippen LogP contribution in [0.2, 0.25) is 0 Å². The molecule has 0 aliphatic carbocycles. The molecule has 0 aliphatic rings. The van der Waals surface area contributed by atoms with Gasteiger partial charge in [0.25, 0.3) is 0 Å². The minimum absolute atomic E-state index is 0.408. The molecule has 0 bridgehead atoms.